The maximum Gasteiger partial charge on any atom is 0.231 e. The maximum atomic E-state index is 5.97. The second kappa shape index (κ2) is 4.90. The Morgan fingerprint density at radius 1 is 1.16 bits per heavy atom. The summed E-state index contributed by atoms with van der Waals surface area (Å²) in [5.41, 5.74) is 8.37. The number of hydrogen-bond donors (Lipinski definition) is 2. The third kappa shape index (κ3) is 2.39. The molecule has 0 aliphatic carbocycles. The topological polar surface area (TPSA) is 56.5 Å². The van der Waals surface area contributed by atoms with Crippen LogP contribution in [0.2, 0.25) is 5.02 Å². The van der Waals surface area contributed by atoms with Crippen LogP contribution in [0.15, 0.2) is 36.4 Å². The largest absolute Gasteiger partial charge is 0.454 e. The number of halogens is 1. The molecule has 98 valence electrons. The molecule has 4 nitrogen and oxygen atoms in total. The Hall–Kier alpha value is -2.07. The summed E-state index contributed by atoms with van der Waals surface area (Å²) in [7, 11) is 0. The van der Waals surface area contributed by atoms with E-state index < -0.39 is 0 Å². The molecule has 0 saturated carbocycles. The highest BCUT2D eigenvalue weighted by molar-refractivity contribution is 6.33. The van der Waals surface area contributed by atoms with Gasteiger partial charge in [-0.15, -0.1) is 0 Å². The quantitative estimate of drug-likeness (QED) is 0.845. The zero-order chi connectivity index (χ0) is 13.2. The van der Waals surface area contributed by atoms with Crippen LogP contribution in [0.1, 0.15) is 5.56 Å². The predicted octanol–water partition coefficient (Wildman–Crippen LogP) is 3.26. The lowest BCUT2D eigenvalue weighted by Gasteiger charge is -2.10. The van der Waals surface area contributed by atoms with Gasteiger partial charge in [-0.05, 0) is 29.8 Å². The number of anilines is 2. The van der Waals surface area contributed by atoms with Crippen molar-refractivity contribution in [2.75, 3.05) is 17.8 Å². The Bertz CT molecular complexity index is 616. The van der Waals surface area contributed by atoms with Crippen LogP contribution in [0.4, 0.5) is 11.4 Å². The molecule has 0 fully saturated rings. The Morgan fingerprint density at radius 2 is 2.00 bits per heavy atom. The van der Waals surface area contributed by atoms with Crippen molar-refractivity contribution in [3.8, 4) is 11.5 Å². The van der Waals surface area contributed by atoms with E-state index in [9.17, 15) is 0 Å². The van der Waals surface area contributed by atoms with Crippen LogP contribution in [0, 0.1) is 0 Å². The Morgan fingerprint density at radius 3 is 2.89 bits per heavy atom. The first kappa shape index (κ1) is 12.0. The van der Waals surface area contributed by atoms with Gasteiger partial charge in [0, 0.05) is 6.54 Å². The van der Waals surface area contributed by atoms with Crippen LogP contribution in [0.3, 0.4) is 0 Å². The molecule has 2 aromatic rings. The monoisotopic (exact) mass is 276 g/mol. The van der Waals surface area contributed by atoms with Crippen LogP contribution in [-0.4, -0.2) is 6.79 Å². The van der Waals surface area contributed by atoms with Crippen LogP contribution in [0.25, 0.3) is 0 Å². The number of hydrogen-bond acceptors (Lipinski definition) is 4. The molecule has 0 aromatic heterocycles. The van der Waals surface area contributed by atoms with Crippen molar-refractivity contribution >= 4 is 23.0 Å². The molecule has 1 heterocycles. The van der Waals surface area contributed by atoms with E-state index in [1.807, 2.05) is 30.3 Å². The molecule has 0 atom stereocenters. The molecular formula is C14H13ClN2O2. The van der Waals surface area contributed by atoms with E-state index in [-0.39, 0.29) is 6.79 Å². The first-order chi connectivity index (χ1) is 9.24. The summed E-state index contributed by atoms with van der Waals surface area (Å²) >= 11 is 5.97. The summed E-state index contributed by atoms with van der Waals surface area (Å²) in [5, 5.41) is 3.81. The molecule has 0 bridgehead atoms. The van der Waals surface area contributed by atoms with Crippen LogP contribution in [-0.2, 0) is 6.54 Å². The van der Waals surface area contributed by atoms with Crippen LogP contribution in [0.5, 0.6) is 11.5 Å². The summed E-state index contributed by atoms with van der Waals surface area (Å²) in [6.45, 7) is 0.925. The normalized spacial score (nSPS) is 12.5. The predicted molar refractivity (Wildman–Crippen MR) is 75.8 cm³/mol. The molecule has 0 saturated heterocycles. The maximum absolute atomic E-state index is 5.97. The molecular weight excluding hydrogens is 264 g/mol. The van der Waals surface area contributed by atoms with Gasteiger partial charge in [0.25, 0.3) is 0 Å². The average Bonchev–Trinajstić information content (AvgIpc) is 2.88. The number of para-hydroxylation sites is 1. The minimum atomic E-state index is 0.285. The number of fused-ring (bicyclic) bond motifs is 1. The van der Waals surface area contributed by atoms with Crippen LogP contribution >= 0.6 is 11.6 Å². The number of rotatable bonds is 3. The highest BCUT2D eigenvalue weighted by Gasteiger charge is 2.13. The third-order valence-electron chi connectivity index (χ3n) is 2.97. The van der Waals surface area contributed by atoms with Gasteiger partial charge in [-0.25, -0.2) is 0 Å². The fourth-order valence-corrected chi connectivity index (χ4v) is 2.11. The smallest absolute Gasteiger partial charge is 0.231 e. The molecule has 19 heavy (non-hydrogen) atoms. The fourth-order valence-electron chi connectivity index (χ4n) is 1.94. The highest BCUT2D eigenvalue weighted by Crippen LogP contribution is 2.33. The first-order valence-corrected chi connectivity index (χ1v) is 6.28. The van der Waals surface area contributed by atoms with Gasteiger partial charge in [0.15, 0.2) is 11.5 Å². The number of nitrogens with two attached hydrogens (primary N) is 1. The lowest BCUT2D eigenvalue weighted by molar-refractivity contribution is 0.174. The van der Waals surface area contributed by atoms with Crippen molar-refractivity contribution in [3.05, 3.63) is 47.0 Å². The van der Waals surface area contributed by atoms with Gasteiger partial charge in [-0.2, -0.15) is 0 Å². The summed E-state index contributed by atoms with van der Waals surface area (Å²) < 4.78 is 10.6. The number of benzene rings is 2. The van der Waals surface area contributed by atoms with E-state index in [1.165, 1.54) is 0 Å². The molecule has 0 radical (unpaired) electrons. The summed E-state index contributed by atoms with van der Waals surface area (Å²) in [6.07, 6.45) is 0. The first-order valence-electron chi connectivity index (χ1n) is 5.90. The fraction of sp³-hybridized carbons (Fsp3) is 0.143. The van der Waals surface area contributed by atoms with Crippen molar-refractivity contribution in [1.29, 1.82) is 0 Å². The lowest BCUT2D eigenvalue weighted by atomic mass is 10.2. The van der Waals surface area contributed by atoms with Gasteiger partial charge < -0.3 is 20.5 Å². The minimum Gasteiger partial charge on any atom is -0.454 e. The Balaban J connectivity index is 1.74. The second-order valence-corrected chi connectivity index (χ2v) is 4.65. The van der Waals surface area contributed by atoms with E-state index in [0.717, 1.165) is 22.7 Å². The third-order valence-corrected chi connectivity index (χ3v) is 3.30. The van der Waals surface area contributed by atoms with Crippen molar-refractivity contribution in [2.45, 2.75) is 6.54 Å². The molecule has 0 amide bonds. The highest BCUT2D eigenvalue weighted by atomic mass is 35.5. The van der Waals surface area contributed by atoms with Gasteiger partial charge in [0.05, 0.1) is 16.4 Å². The second-order valence-electron chi connectivity index (χ2n) is 4.24. The molecule has 0 unspecified atom stereocenters. The van der Waals surface area contributed by atoms with Crippen LogP contribution < -0.4 is 20.5 Å². The molecule has 3 rings (SSSR count). The van der Waals surface area contributed by atoms with E-state index in [1.54, 1.807) is 6.07 Å². The van der Waals surface area contributed by atoms with E-state index in [4.69, 9.17) is 26.8 Å². The standard InChI is InChI=1S/C14H13ClN2O2/c15-10-2-1-3-11(14(10)16)17-7-9-4-5-12-13(6-9)19-8-18-12/h1-6,17H,7-8,16H2. The zero-order valence-corrected chi connectivity index (χ0v) is 10.9. The van der Waals surface area contributed by atoms with Gasteiger partial charge in [0.2, 0.25) is 6.79 Å². The van der Waals surface area contributed by atoms with Crippen molar-refractivity contribution in [2.24, 2.45) is 0 Å². The molecule has 5 heteroatoms. The molecule has 2 aromatic carbocycles. The zero-order valence-electron chi connectivity index (χ0n) is 10.2. The number of nitrogens with one attached hydrogen (secondary N) is 1. The van der Waals surface area contributed by atoms with Crippen molar-refractivity contribution in [3.63, 3.8) is 0 Å². The van der Waals surface area contributed by atoms with Gasteiger partial charge in [-0.1, -0.05) is 23.7 Å². The van der Waals surface area contributed by atoms with Crippen molar-refractivity contribution < 1.29 is 9.47 Å². The van der Waals surface area contributed by atoms with Gasteiger partial charge >= 0.3 is 0 Å². The van der Waals surface area contributed by atoms with E-state index >= 15 is 0 Å². The molecule has 1 aliphatic heterocycles. The van der Waals surface area contributed by atoms with E-state index in [0.29, 0.717) is 17.3 Å². The van der Waals surface area contributed by atoms with E-state index in [2.05, 4.69) is 5.32 Å². The Kier molecular flexibility index (Phi) is 3.09. The van der Waals surface area contributed by atoms with Crippen molar-refractivity contribution in [1.82, 2.24) is 0 Å². The molecule has 0 spiro atoms. The SMILES string of the molecule is Nc1c(Cl)cccc1NCc1ccc2c(c1)OCO2. The minimum absolute atomic E-state index is 0.285. The van der Waals surface area contributed by atoms with Gasteiger partial charge in [0.1, 0.15) is 0 Å². The molecule has 3 N–H and O–H groups in total. The summed E-state index contributed by atoms with van der Waals surface area (Å²) in [6, 6.07) is 11.4. The summed E-state index contributed by atoms with van der Waals surface area (Å²) in [5.74, 6) is 1.56. The lowest BCUT2D eigenvalue weighted by Crippen LogP contribution is -2.02. The number of ether oxygens (including phenoxy) is 2. The Labute approximate surface area is 116 Å². The average molecular weight is 277 g/mol. The van der Waals surface area contributed by atoms with Gasteiger partial charge in [-0.3, -0.25) is 0 Å². The number of nitrogen functional groups attached to an aromatic ring is 1. The summed E-state index contributed by atoms with van der Waals surface area (Å²) in [4.78, 5) is 0. The molecule has 1 aliphatic rings.